The van der Waals surface area contributed by atoms with Gasteiger partial charge in [0.05, 0.1) is 0 Å². The van der Waals surface area contributed by atoms with Crippen molar-refractivity contribution in [3.8, 4) is 0 Å². The first kappa shape index (κ1) is 10.2. The van der Waals surface area contributed by atoms with Gasteiger partial charge in [-0.2, -0.15) is 0 Å². The second kappa shape index (κ2) is 4.07. The lowest BCUT2D eigenvalue weighted by Crippen LogP contribution is -2.33. The first-order valence-corrected chi connectivity index (χ1v) is 6.37. The minimum Gasteiger partial charge on any atom is -0.342 e. The van der Waals surface area contributed by atoms with Crippen LogP contribution in [-0.2, 0) is 0 Å². The molecule has 0 bridgehead atoms. The van der Waals surface area contributed by atoms with E-state index in [0.29, 0.717) is 17.2 Å². The van der Waals surface area contributed by atoms with Gasteiger partial charge in [-0.05, 0) is 26.2 Å². The molecule has 0 aliphatic carbocycles. The van der Waals surface area contributed by atoms with Crippen LogP contribution < -0.4 is 4.90 Å². The van der Waals surface area contributed by atoms with Crippen molar-refractivity contribution in [3.63, 3.8) is 0 Å². The van der Waals surface area contributed by atoms with E-state index in [4.69, 9.17) is 11.6 Å². The Morgan fingerprint density at radius 3 is 3.00 bits per heavy atom. The van der Waals surface area contributed by atoms with E-state index >= 15 is 0 Å². The van der Waals surface area contributed by atoms with Crippen LogP contribution in [0.1, 0.15) is 33.1 Å². The number of rotatable bonds is 2. The van der Waals surface area contributed by atoms with Gasteiger partial charge >= 0.3 is 0 Å². The number of nitrogens with zero attached hydrogens (tertiary/aromatic N) is 2. The summed E-state index contributed by atoms with van der Waals surface area (Å²) in [5.74, 6) is 0. The second-order valence-electron chi connectivity index (χ2n) is 3.85. The Hall–Kier alpha value is -0.280. The summed E-state index contributed by atoms with van der Waals surface area (Å²) in [6, 6.07) is 1.27. The van der Waals surface area contributed by atoms with Gasteiger partial charge in [-0.1, -0.05) is 18.5 Å². The molecule has 2 unspecified atom stereocenters. The van der Waals surface area contributed by atoms with Crippen molar-refractivity contribution in [3.05, 3.63) is 10.5 Å². The Morgan fingerprint density at radius 2 is 2.43 bits per heavy atom. The number of halogens is 1. The van der Waals surface area contributed by atoms with E-state index in [9.17, 15) is 0 Å². The van der Waals surface area contributed by atoms with E-state index in [1.807, 2.05) is 5.38 Å². The topological polar surface area (TPSA) is 16.1 Å². The van der Waals surface area contributed by atoms with Crippen molar-refractivity contribution in [1.29, 1.82) is 0 Å². The summed E-state index contributed by atoms with van der Waals surface area (Å²) in [6.45, 7) is 4.51. The molecule has 0 radical (unpaired) electrons. The van der Waals surface area contributed by atoms with E-state index in [1.54, 1.807) is 11.3 Å². The van der Waals surface area contributed by atoms with E-state index in [0.717, 1.165) is 5.13 Å². The Balaban J connectivity index is 2.22. The Morgan fingerprint density at radius 1 is 1.64 bits per heavy atom. The Labute approximate surface area is 93.9 Å². The van der Waals surface area contributed by atoms with E-state index in [1.165, 1.54) is 19.3 Å². The molecule has 1 aliphatic heterocycles. The zero-order valence-electron chi connectivity index (χ0n) is 8.53. The van der Waals surface area contributed by atoms with Crippen molar-refractivity contribution in [1.82, 2.24) is 4.98 Å². The molecule has 2 atom stereocenters. The summed E-state index contributed by atoms with van der Waals surface area (Å²) in [6.07, 6.45) is 3.76. The van der Waals surface area contributed by atoms with Crippen LogP contribution in [0.2, 0.25) is 5.15 Å². The van der Waals surface area contributed by atoms with Crippen LogP contribution in [0.3, 0.4) is 0 Å². The zero-order valence-corrected chi connectivity index (χ0v) is 10.1. The van der Waals surface area contributed by atoms with Crippen molar-refractivity contribution in [2.75, 3.05) is 4.90 Å². The highest BCUT2D eigenvalue weighted by atomic mass is 35.5. The molecule has 1 saturated heterocycles. The molecular weight excluding hydrogens is 216 g/mol. The zero-order chi connectivity index (χ0) is 10.1. The van der Waals surface area contributed by atoms with E-state index in [-0.39, 0.29) is 0 Å². The lowest BCUT2D eigenvalue weighted by molar-refractivity contribution is 0.626. The molecule has 78 valence electrons. The average molecular weight is 231 g/mol. The maximum absolute atomic E-state index is 5.85. The highest BCUT2D eigenvalue weighted by molar-refractivity contribution is 7.14. The minimum atomic E-state index is 0.613. The molecule has 4 heteroatoms. The molecule has 1 fully saturated rings. The third kappa shape index (κ3) is 1.75. The van der Waals surface area contributed by atoms with Gasteiger partial charge in [0.25, 0.3) is 0 Å². The van der Waals surface area contributed by atoms with Crippen LogP contribution in [0.5, 0.6) is 0 Å². The van der Waals surface area contributed by atoms with Gasteiger partial charge in [-0.15, -0.1) is 11.3 Å². The molecule has 14 heavy (non-hydrogen) atoms. The molecule has 1 aromatic rings. The summed E-state index contributed by atoms with van der Waals surface area (Å²) in [7, 11) is 0. The molecule has 0 spiro atoms. The van der Waals surface area contributed by atoms with Gasteiger partial charge in [-0.3, -0.25) is 0 Å². The van der Waals surface area contributed by atoms with Gasteiger partial charge in [0.15, 0.2) is 5.13 Å². The smallest absolute Gasteiger partial charge is 0.187 e. The van der Waals surface area contributed by atoms with Crippen LogP contribution in [0.25, 0.3) is 0 Å². The number of anilines is 1. The predicted octanol–water partition coefficient (Wildman–Crippen LogP) is 3.56. The monoisotopic (exact) mass is 230 g/mol. The van der Waals surface area contributed by atoms with Crippen LogP contribution in [-0.4, -0.2) is 17.1 Å². The van der Waals surface area contributed by atoms with Crippen molar-refractivity contribution in [2.45, 2.75) is 45.2 Å². The SMILES string of the molecule is CCC1CCC(C)N1c1nc(Cl)cs1. The minimum absolute atomic E-state index is 0.613. The lowest BCUT2D eigenvalue weighted by Gasteiger charge is -2.27. The number of aromatic nitrogens is 1. The predicted molar refractivity (Wildman–Crippen MR) is 62.4 cm³/mol. The van der Waals surface area contributed by atoms with Gasteiger partial charge in [-0.25, -0.2) is 4.98 Å². The number of hydrogen-bond donors (Lipinski definition) is 0. The molecular formula is C10H15ClN2S. The van der Waals surface area contributed by atoms with Crippen LogP contribution >= 0.6 is 22.9 Å². The van der Waals surface area contributed by atoms with Gasteiger partial charge in [0.2, 0.25) is 0 Å². The highest BCUT2D eigenvalue weighted by Crippen LogP contribution is 2.34. The fourth-order valence-electron chi connectivity index (χ4n) is 2.18. The fourth-order valence-corrected chi connectivity index (χ4v) is 3.30. The van der Waals surface area contributed by atoms with Crippen LogP contribution in [0.4, 0.5) is 5.13 Å². The average Bonchev–Trinajstić information content (AvgIpc) is 2.71. The van der Waals surface area contributed by atoms with Gasteiger partial charge in [0.1, 0.15) is 5.15 Å². The summed E-state index contributed by atoms with van der Waals surface area (Å²) < 4.78 is 0. The summed E-state index contributed by atoms with van der Waals surface area (Å²) >= 11 is 7.50. The molecule has 0 aromatic carbocycles. The third-order valence-electron chi connectivity index (χ3n) is 2.94. The molecule has 1 aromatic heterocycles. The van der Waals surface area contributed by atoms with Gasteiger partial charge < -0.3 is 4.90 Å². The van der Waals surface area contributed by atoms with Gasteiger partial charge in [0, 0.05) is 17.5 Å². The largest absolute Gasteiger partial charge is 0.342 e. The first-order valence-electron chi connectivity index (χ1n) is 5.11. The molecule has 2 rings (SSSR count). The maximum Gasteiger partial charge on any atom is 0.187 e. The molecule has 0 amide bonds. The standard InChI is InChI=1S/C10H15ClN2S/c1-3-8-5-4-7(2)13(8)10-12-9(11)6-14-10/h6-8H,3-5H2,1-2H3. The van der Waals surface area contributed by atoms with Crippen molar-refractivity contribution >= 4 is 28.1 Å². The molecule has 1 aliphatic rings. The normalized spacial score (nSPS) is 27.2. The lowest BCUT2D eigenvalue weighted by atomic mass is 10.2. The molecule has 0 saturated carbocycles. The van der Waals surface area contributed by atoms with E-state index in [2.05, 4.69) is 23.7 Å². The number of hydrogen-bond acceptors (Lipinski definition) is 3. The third-order valence-corrected chi connectivity index (χ3v) is 4.12. The van der Waals surface area contributed by atoms with Crippen LogP contribution in [0, 0.1) is 0 Å². The van der Waals surface area contributed by atoms with Crippen LogP contribution in [0.15, 0.2) is 5.38 Å². The van der Waals surface area contributed by atoms with Crippen molar-refractivity contribution < 1.29 is 0 Å². The quantitative estimate of drug-likeness (QED) is 0.772. The molecule has 2 heterocycles. The second-order valence-corrected chi connectivity index (χ2v) is 5.07. The summed E-state index contributed by atoms with van der Waals surface area (Å²) in [5, 5.41) is 3.63. The summed E-state index contributed by atoms with van der Waals surface area (Å²) in [5.41, 5.74) is 0. The fraction of sp³-hybridized carbons (Fsp3) is 0.700. The molecule has 2 nitrogen and oxygen atoms in total. The number of thiazole rings is 1. The first-order chi connectivity index (χ1) is 6.72. The highest BCUT2D eigenvalue weighted by Gasteiger charge is 2.30. The molecule has 0 N–H and O–H groups in total. The Kier molecular flexibility index (Phi) is 2.98. The maximum atomic E-state index is 5.85. The van der Waals surface area contributed by atoms with Crippen molar-refractivity contribution in [2.24, 2.45) is 0 Å². The van der Waals surface area contributed by atoms with E-state index < -0.39 is 0 Å². The summed E-state index contributed by atoms with van der Waals surface area (Å²) in [4.78, 5) is 6.78. The Bertz CT molecular complexity index is 313.